The Balaban J connectivity index is -0.000000150. The largest absolute Gasteiger partial charge is 0.674 e. The van der Waals surface area contributed by atoms with Gasteiger partial charge in [0.1, 0.15) is 0 Å². The van der Waals surface area contributed by atoms with E-state index in [-0.39, 0.29) is 7.92 Å². The molecule has 0 aromatic heterocycles. The second kappa shape index (κ2) is 14.3. The molecule has 0 aliphatic heterocycles. The van der Waals surface area contributed by atoms with Crippen LogP contribution in [0.3, 0.4) is 0 Å². The maximum atomic E-state index is 10.1. The van der Waals surface area contributed by atoms with Crippen LogP contribution in [-0.4, -0.2) is 67.8 Å². The Morgan fingerprint density at radius 3 is 0.560 bits per heavy atom. The van der Waals surface area contributed by atoms with Gasteiger partial charge in [-0.25, -0.2) is 0 Å². The predicted octanol–water partition coefficient (Wildman–Crippen LogP) is 1.64. The van der Waals surface area contributed by atoms with Crippen molar-refractivity contribution >= 4 is 30.1 Å². The van der Waals surface area contributed by atoms with E-state index in [2.05, 4.69) is 62.3 Å². The van der Waals surface area contributed by atoms with Crippen molar-refractivity contribution in [2.45, 2.75) is 77.8 Å². The normalized spacial score (nSPS) is 11.2. The molecule has 0 bridgehead atoms. The molecule has 13 heteroatoms. The van der Waals surface area contributed by atoms with Crippen LogP contribution in [-0.2, 0) is 0 Å². The third-order valence-corrected chi connectivity index (χ3v) is 6.04. The highest BCUT2D eigenvalue weighted by molar-refractivity contribution is 7.62. The third-order valence-electron chi connectivity index (χ3n) is 2.01. The van der Waals surface area contributed by atoms with Crippen molar-refractivity contribution in [3.63, 3.8) is 0 Å². The summed E-state index contributed by atoms with van der Waals surface area (Å²) >= 11 is 0. The molecule has 0 rings (SSSR count). The molecular weight excluding hydrogens is 361 g/mol. The molecule has 0 aromatic carbocycles. The molecule has 0 aromatic rings. The summed E-state index contributed by atoms with van der Waals surface area (Å²) in [5.74, 6) is 0. The molecule has 6 nitrogen and oxygen atoms in total. The van der Waals surface area contributed by atoms with Crippen LogP contribution in [0, 0.1) is 0 Å². The Hall–Kier alpha value is 0.175. The molecule has 0 unspecified atom stereocenters. The van der Waals surface area contributed by atoms with E-state index in [1.807, 2.05) is 0 Å². The van der Waals surface area contributed by atoms with Gasteiger partial charge in [-0.3, -0.25) is 12.9 Å². The lowest BCUT2D eigenvalue weighted by Gasteiger charge is -2.49. The molecule has 152 valence electrons. The molecule has 0 saturated carbocycles. The van der Waals surface area contributed by atoms with Crippen LogP contribution in [0.2, 0.25) is 0 Å². The van der Waals surface area contributed by atoms with E-state index in [4.69, 9.17) is 30.1 Å². The summed E-state index contributed by atoms with van der Waals surface area (Å²) in [6, 6.07) is 0. The monoisotopic (exact) mass is 394 g/mol. The minimum atomic E-state index is -2.67. The topological polar surface area (TPSA) is 121 Å². The minimum Gasteiger partial charge on any atom is -0.398 e. The lowest BCUT2D eigenvalue weighted by Crippen LogP contribution is -2.34. The van der Waals surface area contributed by atoms with Gasteiger partial charge >= 0.3 is 22.2 Å². The van der Waals surface area contributed by atoms with Crippen LogP contribution >= 0.6 is 7.92 Å². The average molecular weight is 394 g/mol. The Bertz CT molecular complexity index is 252. The van der Waals surface area contributed by atoms with Crippen LogP contribution in [0.1, 0.15) is 62.3 Å². The first-order valence-corrected chi connectivity index (χ1v) is 8.72. The van der Waals surface area contributed by atoms with Crippen LogP contribution < -0.4 is 0 Å². The summed E-state index contributed by atoms with van der Waals surface area (Å²) in [6.07, 6.45) is 0. The summed E-state index contributed by atoms with van der Waals surface area (Å²) in [5, 5.41) is 43.0. The van der Waals surface area contributed by atoms with Gasteiger partial charge in [-0.05, 0) is 15.5 Å². The van der Waals surface area contributed by atoms with Gasteiger partial charge < -0.3 is 30.1 Å². The van der Waals surface area contributed by atoms with Gasteiger partial charge in [0.05, 0.1) is 0 Å². The smallest absolute Gasteiger partial charge is 0.398 e. The van der Waals surface area contributed by atoms with Gasteiger partial charge in [-0.15, -0.1) is 0 Å². The summed E-state index contributed by atoms with van der Waals surface area (Å²) in [7, 11) is -7.98. The van der Waals surface area contributed by atoms with Crippen molar-refractivity contribution in [1.82, 2.24) is 0 Å². The Morgan fingerprint density at radius 2 is 0.560 bits per heavy atom. The maximum Gasteiger partial charge on any atom is 0.674 e. The number of halogens is 3. The molecule has 25 heavy (non-hydrogen) atoms. The Kier molecular flexibility index (Phi) is 18.7. The third kappa shape index (κ3) is 36.0. The van der Waals surface area contributed by atoms with Crippen molar-refractivity contribution in [2.24, 2.45) is 0 Å². The zero-order valence-electron chi connectivity index (χ0n) is 16.5. The number of rotatable bonds is 0. The van der Waals surface area contributed by atoms with Crippen LogP contribution in [0.4, 0.5) is 12.9 Å². The second-order valence-electron chi connectivity index (χ2n) is 7.78. The fourth-order valence-electron chi connectivity index (χ4n) is 3.02. The molecule has 0 aliphatic rings. The quantitative estimate of drug-likeness (QED) is 0.275. The van der Waals surface area contributed by atoms with Gasteiger partial charge in [-0.2, -0.15) is 0 Å². The SMILES string of the molecule is CC(C)(C)P(C(C)(C)C)C(C)(C)C.OB(O)F.OB(O)F.OB(O)F. The van der Waals surface area contributed by atoms with Crippen LogP contribution in [0.5, 0.6) is 0 Å². The van der Waals surface area contributed by atoms with Crippen LogP contribution in [0.25, 0.3) is 0 Å². The average Bonchev–Trinajstić information content (AvgIpc) is 2.03. The van der Waals surface area contributed by atoms with E-state index in [1.165, 1.54) is 0 Å². The van der Waals surface area contributed by atoms with E-state index in [9.17, 15) is 12.9 Å². The first-order chi connectivity index (χ1) is 10.6. The van der Waals surface area contributed by atoms with Crippen molar-refractivity contribution < 1.29 is 43.1 Å². The summed E-state index contributed by atoms with van der Waals surface area (Å²) < 4.78 is 30.3. The zero-order chi connectivity index (χ0) is 21.8. The molecule has 0 spiro atoms. The zero-order valence-corrected chi connectivity index (χ0v) is 17.4. The van der Waals surface area contributed by atoms with E-state index >= 15 is 0 Å². The molecule has 0 amide bonds. The summed E-state index contributed by atoms with van der Waals surface area (Å²) in [4.78, 5) is 0. The molecule has 6 N–H and O–H groups in total. The summed E-state index contributed by atoms with van der Waals surface area (Å²) in [6.45, 7) is 21.5. The second-order valence-corrected chi connectivity index (χ2v) is 12.5. The molecule has 0 heterocycles. The first kappa shape index (κ1) is 32.8. The van der Waals surface area contributed by atoms with Crippen LogP contribution in [0.15, 0.2) is 0 Å². The highest BCUT2D eigenvalue weighted by Gasteiger charge is 2.41. The highest BCUT2D eigenvalue weighted by Crippen LogP contribution is 2.66. The van der Waals surface area contributed by atoms with Crippen molar-refractivity contribution in [1.29, 1.82) is 0 Å². The molecular formula is C12H33B3F3O6P. The summed E-state index contributed by atoms with van der Waals surface area (Å²) in [5.41, 5.74) is 0. The first-order valence-electron chi connectivity index (χ1n) is 7.37. The molecule has 0 aliphatic carbocycles. The molecule has 0 saturated heterocycles. The van der Waals surface area contributed by atoms with E-state index in [0.717, 1.165) is 0 Å². The van der Waals surface area contributed by atoms with E-state index < -0.39 is 22.2 Å². The molecule has 0 radical (unpaired) electrons. The lowest BCUT2D eigenvalue weighted by atomic mass is 10.2. The van der Waals surface area contributed by atoms with Gasteiger partial charge in [0.2, 0.25) is 0 Å². The minimum absolute atomic E-state index is 0.0162. The van der Waals surface area contributed by atoms with E-state index in [0.29, 0.717) is 15.5 Å². The lowest BCUT2D eigenvalue weighted by molar-refractivity contribution is 0.338. The van der Waals surface area contributed by atoms with Gasteiger partial charge in [0.25, 0.3) is 0 Å². The fourth-order valence-corrected chi connectivity index (χ4v) is 9.06. The predicted molar refractivity (Wildman–Crippen MR) is 100 cm³/mol. The van der Waals surface area contributed by atoms with Gasteiger partial charge in [0.15, 0.2) is 0 Å². The van der Waals surface area contributed by atoms with E-state index in [1.54, 1.807) is 0 Å². The van der Waals surface area contributed by atoms with Crippen molar-refractivity contribution in [3.8, 4) is 0 Å². The Morgan fingerprint density at radius 1 is 0.480 bits per heavy atom. The van der Waals surface area contributed by atoms with Gasteiger partial charge in [0, 0.05) is 0 Å². The Labute approximate surface area is 151 Å². The standard InChI is InChI=1S/C12H27P.3BFH2O2/c1-10(2,3)13(11(4,5)6)12(7,8)9;3*2-1(3)4/h1-9H3;3*3-4H. The van der Waals surface area contributed by atoms with Crippen molar-refractivity contribution in [2.75, 3.05) is 0 Å². The van der Waals surface area contributed by atoms with Crippen molar-refractivity contribution in [3.05, 3.63) is 0 Å². The van der Waals surface area contributed by atoms with Gasteiger partial charge in [-0.1, -0.05) is 70.2 Å². The number of hydrogen-bond donors (Lipinski definition) is 6. The maximum absolute atomic E-state index is 10.1. The number of hydrogen-bond acceptors (Lipinski definition) is 6. The highest BCUT2D eigenvalue weighted by atomic mass is 31.1. The molecule has 0 fully saturated rings. The fraction of sp³-hybridized carbons (Fsp3) is 1.00. The molecule has 0 atom stereocenters.